The van der Waals surface area contributed by atoms with Gasteiger partial charge in [0.05, 0.1) is 0 Å². The van der Waals surface area contributed by atoms with Crippen LogP contribution in [0.1, 0.15) is 19.4 Å². The molecule has 0 radical (unpaired) electrons. The molecular formula is C17H19ClN2O2S. The van der Waals surface area contributed by atoms with Crippen LogP contribution in [0.5, 0.6) is 0 Å². The molecule has 2 rings (SSSR count). The Morgan fingerprint density at radius 3 is 2.43 bits per heavy atom. The molecule has 6 heteroatoms. The summed E-state index contributed by atoms with van der Waals surface area (Å²) in [5.74, 6) is -0.236. The van der Waals surface area contributed by atoms with Crippen LogP contribution < -0.4 is 5.32 Å². The molecule has 0 saturated heterocycles. The summed E-state index contributed by atoms with van der Waals surface area (Å²) < 4.78 is 11.6. The molecule has 0 aliphatic carbocycles. The number of carbonyl (C=O) groups is 1. The Balaban J connectivity index is 1.94. The number of benzene rings is 1. The van der Waals surface area contributed by atoms with Gasteiger partial charge < -0.3 is 9.87 Å². The minimum Gasteiger partial charge on any atom is -0.611 e. The highest BCUT2D eigenvalue weighted by Gasteiger charge is 2.41. The molecule has 0 spiro atoms. The highest BCUT2D eigenvalue weighted by molar-refractivity contribution is 7.93. The molecule has 4 nitrogen and oxygen atoms in total. The van der Waals surface area contributed by atoms with E-state index in [0.29, 0.717) is 22.9 Å². The maximum absolute atomic E-state index is 12.7. The molecule has 0 saturated carbocycles. The smallest absolute Gasteiger partial charge is 0.276 e. The fourth-order valence-electron chi connectivity index (χ4n) is 2.02. The van der Waals surface area contributed by atoms with E-state index in [1.54, 1.807) is 50.5 Å². The molecule has 1 atom stereocenters. The zero-order valence-electron chi connectivity index (χ0n) is 13.1. The van der Waals surface area contributed by atoms with Crippen LogP contribution in [-0.4, -0.2) is 26.7 Å². The molecule has 1 N–H and O–H groups in total. The van der Waals surface area contributed by atoms with Crippen LogP contribution in [0.3, 0.4) is 0 Å². The van der Waals surface area contributed by atoms with Gasteiger partial charge in [-0.15, -0.1) is 0 Å². The third-order valence-electron chi connectivity index (χ3n) is 3.49. The van der Waals surface area contributed by atoms with Crippen LogP contribution >= 0.6 is 11.6 Å². The van der Waals surface area contributed by atoms with Crippen molar-refractivity contribution < 1.29 is 9.35 Å². The lowest BCUT2D eigenvalue weighted by Crippen LogP contribution is -2.48. The first-order valence-electron chi connectivity index (χ1n) is 7.26. The summed E-state index contributed by atoms with van der Waals surface area (Å²) in [5, 5.41) is 3.43. The number of rotatable bonds is 6. The third kappa shape index (κ3) is 4.70. The first-order chi connectivity index (χ1) is 10.9. The van der Waals surface area contributed by atoms with E-state index in [1.165, 1.54) is 0 Å². The second kappa shape index (κ2) is 7.81. The molecule has 1 amide bonds. The van der Waals surface area contributed by atoms with E-state index in [0.717, 1.165) is 5.56 Å². The second-order valence-electron chi connectivity index (χ2n) is 5.59. The Morgan fingerprint density at radius 1 is 1.22 bits per heavy atom. The number of carbonyl (C=O) groups excluding carboxylic acids is 1. The Hall–Kier alpha value is -1.56. The number of nitrogens with zero attached hydrogens (tertiary/aromatic N) is 1. The lowest BCUT2D eigenvalue weighted by molar-refractivity contribution is -0.122. The van der Waals surface area contributed by atoms with E-state index in [1.807, 2.05) is 12.1 Å². The summed E-state index contributed by atoms with van der Waals surface area (Å²) in [6, 6.07) is 10.5. The highest BCUT2D eigenvalue weighted by Crippen LogP contribution is 2.26. The number of halogens is 1. The summed E-state index contributed by atoms with van der Waals surface area (Å²) >= 11 is 4.38. The van der Waals surface area contributed by atoms with Crippen LogP contribution in [0.2, 0.25) is 5.02 Å². The summed E-state index contributed by atoms with van der Waals surface area (Å²) in [7, 11) is 0. The van der Waals surface area contributed by atoms with E-state index in [4.69, 9.17) is 11.6 Å². The molecule has 0 aliphatic rings. The SMILES string of the molecule is CC(C)(C(=O)NCCc1ccncc1)[S+]([O-])c1ccc(Cl)cc1. The van der Waals surface area contributed by atoms with Crippen molar-refractivity contribution in [1.82, 2.24) is 10.3 Å². The van der Waals surface area contributed by atoms with Gasteiger partial charge in [-0.3, -0.25) is 9.78 Å². The van der Waals surface area contributed by atoms with Crippen molar-refractivity contribution in [2.75, 3.05) is 6.54 Å². The second-order valence-corrected chi connectivity index (χ2v) is 8.06. The van der Waals surface area contributed by atoms with Crippen LogP contribution in [0.4, 0.5) is 0 Å². The number of amides is 1. The monoisotopic (exact) mass is 350 g/mol. The average molecular weight is 351 g/mol. The van der Waals surface area contributed by atoms with Gasteiger partial charge in [0.2, 0.25) is 4.75 Å². The molecule has 2 aromatic rings. The van der Waals surface area contributed by atoms with E-state index in [2.05, 4.69) is 10.3 Å². The zero-order valence-corrected chi connectivity index (χ0v) is 14.7. The number of hydrogen-bond acceptors (Lipinski definition) is 3. The van der Waals surface area contributed by atoms with Crippen molar-refractivity contribution in [3.05, 3.63) is 59.4 Å². The molecule has 1 unspecified atom stereocenters. The minimum atomic E-state index is -1.46. The Morgan fingerprint density at radius 2 is 1.83 bits per heavy atom. The maximum Gasteiger partial charge on any atom is 0.276 e. The van der Waals surface area contributed by atoms with E-state index >= 15 is 0 Å². The lowest BCUT2D eigenvalue weighted by Gasteiger charge is -2.27. The Labute approximate surface area is 144 Å². The molecule has 1 aromatic heterocycles. The van der Waals surface area contributed by atoms with Gasteiger partial charge in [0, 0.05) is 35.1 Å². The van der Waals surface area contributed by atoms with Gasteiger partial charge in [0.1, 0.15) is 0 Å². The number of hydrogen-bond donors (Lipinski definition) is 1. The fraction of sp³-hybridized carbons (Fsp3) is 0.294. The van der Waals surface area contributed by atoms with Crippen LogP contribution in [0.15, 0.2) is 53.7 Å². The fourth-order valence-corrected chi connectivity index (χ4v) is 3.36. The molecule has 23 heavy (non-hydrogen) atoms. The predicted molar refractivity (Wildman–Crippen MR) is 92.9 cm³/mol. The third-order valence-corrected chi connectivity index (χ3v) is 5.55. The van der Waals surface area contributed by atoms with Crippen molar-refractivity contribution in [2.24, 2.45) is 0 Å². The summed E-state index contributed by atoms with van der Waals surface area (Å²) in [4.78, 5) is 16.9. The number of pyridine rings is 1. The maximum atomic E-state index is 12.7. The van der Waals surface area contributed by atoms with Gasteiger partial charge in [-0.05, 0) is 62.2 Å². The topological polar surface area (TPSA) is 65.0 Å². The first-order valence-corrected chi connectivity index (χ1v) is 8.78. The van der Waals surface area contributed by atoms with E-state index in [-0.39, 0.29) is 5.91 Å². The molecule has 0 bridgehead atoms. The van der Waals surface area contributed by atoms with Crippen molar-refractivity contribution >= 4 is 28.7 Å². The van der Waals surface area contributed by atoms with Gasteiger partial charge in [-0.1, -0.05) is 11.6 Å². The Kier molecular flexibility index (Phi) is 6.04. The summed E-state index contributed by atoms with van der Waals surface area (Å²) in [6.07, 6.45) is 4.14. The molecule has 0 fully saturated rings. The average Bonchev–Trinajstić information content (AvgIpc) is 2.55. The number of nitrogens with one attached hydrogen (secondary N) is 1. The van der Waals surface area contributed by atoms with Crippen molar-refractivity contribution in [3.8, 4) is 0 Å². The zero-order chi connectivity index (χ0) is 16.9. The molecule has 0 aliphatic heterocycles. The van der Waals surface area contributed by atoms with E-state index < -0.39 is 15.9 Å². The van der Waals surface area contributed by atoms with Gasteiger partial charge in [0.25, 0.3) is 5.91 Å². The van der Waals surface area contributed by atoms with Gasteiger partial charge in [-0.25, -0.2) is 0 Å². The molecule has 1 heterocycles. The van der Waals surface area contributed by atoms with Crippen LogP contribution in [-0.2, 0) is 22.4 Å². The largest absolute Gasteiger partial charge is 0.611 e. The summed E-state index contributed by atoms with van der Waals surface area (Å²) in [6.45, 7) is 3.85. The van der Waals surface area contributed by atoms with Gasteiger partial charge in [0.15, 0.2) is 4.90 Å². The van der Waals surface area contributed by atoms with Crippen molar-refractivity contribution in [2.45, 2.75) is 29.9 Å². The first kappa shape index (κ1) is 17.8. The minimum absolute atomic E-state index is 0.236. The van der Waals surface area contributed by atoms with Crippen molar-refractivity contribution in [1.29, 1.82) is 0 Å². The standard InChI is InChI=1S/C17H19ClN2O2S/c1-17(2,23(22)15-5-3-14(18)4-6-15)16(21)20-12-9-13-7-10-19-11-8-13/h3-8,10-11H,9,12H2,1-2H3,(H,20,21). The van der Waals surface area contributed by atoms with E-state index in [9.17, 15) is 9.35 Å². The Bertz CT molecular complexity index is 647. The molecular weight excluding hydrogens is 332 g/mol. The normalized spacial score (nSPS) is 12.7. The predicted octanol–water partition coefficient (Wildman–Crippen LogP) is 2.98. The quantitative estimate of drug-likeness (QED) is 0.814. The van der Waals surface area contributed by atoms with Crippen LogP contribution in [0, 0.1) is 0 Å². The highest BCUT2D eigenvalue weighted by atomic mass is 35.5. The molecule has 122 valence electrons. The summed E-state index contributed by atoms with van der Waals surface area (Å²) in [5.41, 5.74) is 1.09. The van der Waals surface area contributed by atoms with Gasteiger partial charge in [-0.2, -0.15) is 0 Å². The van der Waals surface area contributed by atoms with Crippen LogP contribution in [0.25, 0.3) is 0 Å². The number of aromatic nitrogens is 1. The molecule has 1 aromatic carbocycles. The van der Waals surface area contributed by atoms with Gasteiger partial charge >= 0.3 is 0 Å². The van der Waals surface area contributed by atoms with Crippen molar-refractivity contribution in [3.63, 3.8) is 0 Å². The lowest BCUT2D eigenvalue weighted by atomic mass is 10.1.